The highest BCUT2D eigenvalue weighted by atomic mass is 35.5. The van der Waals surface area contributed by atoms with E-state index in [-0.39, 0.29) is 5.56 Å². The summed E-state index contributed by atoms with van der Waals surface area (Å²) in [6.45, 7) is -1.72. The van der Waals surface area contributed by atoms with Crippen molar-refractivity contribution in [2.75, 3.05) is 0 Å². The average molecular weight is 251 g/mol. The van der Waals surface area contributed by atoms with Crippen molar-refractivity contribution in [2.45, 2.75) is 18.9 Å². The number of ketones is 1. The smallest absolute Gasteiger partial charge is 0.387 e. The quantitative estimate of drug-likeness (QED) is 0.660. The Balaban J connectivity index is 3.17. The first-order chi connectivity index (χ1) is 7.43. The van der Waals surface area contributed by atoms with E-state index in [4.69, 9.17) is 11.6 Å². The van der Waals surface area contributed by atoms with Crippen LogP contribution in [0, 0.1) is 0 Å². The number of Topliss-reactive ketones (excluding diaryl/α,β-unsaturated/α-hetero) is 1. The van der Waals surface area contributed by atoms with Gasteiger partial charge in [-0.1, -0.05) is 6.07 Å². The van der Waals surface area contributed by atoms with Gasteiger partial charge in [-0.15, -0.1) is 11.6 Å². The summed E-state index contributed by atoms with van der Waals surface area (Å²) in [6, 6.07) is 3.76. The molecule has 0 bridgehead atoms. The Kier molecular flexibility index (Phi) is 4.06. The zero-order chi connectivity index (χ0) is 12.3. The predicted molar refractivity (Wildman–Crippen MR) is 54.4 cm³/mol. The Labute approximate surface area is 95.6 Å². The highest BCUT2D eigenvalue weighted by Crippen LogP contribution is 2.32. The molecule has 1 aromatic rings. The lowest BCUT2D eigenvalue weighted by molar-refractivity contribution is -0.0515. The summed E-state index contributed by atoms with van der Waals surface area (Å²) in [4.78, 5) is 11.5. The van der Waals surface area contributed by atoms with Gasteiger partial charge < -0.3 is 9.84 Å². The third kappa shape index (κ3) is 2.82. The second kappa shape index (κ2) is 5.12. The molecule has 0 fully saturated rings. The van der Waals surface area contributed by atoms with E-state index in [9.17, 15) is 18.7 Å². The SMILES string of the molecule is CC(Cl)C(=O)c1cccc(O)c1OC(F)F. The van der Waals surface area contributed by atoms with Gasteiger partial charge in [0.2, 0.25) is 0 Å². The van der Waals surface area contributed by atoms with Crippen LogP contribution >= 0.6 is 11.6 Å². The number of ether oxygens (including phenoxy) is 1. The molecule has 0 aliphatic rings. The van der Waals surface area contributed by atoms with E-state index in [1.165, 1.54) is 19.1 Å². The van der Waals surface area contributed by atoms with Gasteiger partial charge in [-0.25, -0.2) is 0 Å². The molecular formula is C10H9ClF2O3. The fourth-order valence-corrected chi connectivity index (χ4v) is 1.26. The number of phenols is 1. The summed E-state index contributed by atoms with van der Waals surface area (Å²) >= 11 is 5.55. The molecular weight excluding hydrogens is 242 g/mol. The zero-order valence-electron chi connectivity index (χ0n) is 8.28. The first-order valence-electron chi connectivity index (χ1n) is 4.38. The molecule has 1 rings (SSSR count). The van der Waals surface area contributed by atoms with Crippen molar-refractivity contribution in [3.8, 4) is 11.5 Å². The Morgan fingerprint density at radius 2 is 2.12 bits per heavy atom. The Morgan fingerprint density at radius 1 is 1.50 bits per heavy atom. The normalized spacial score (nSPS) is 12.6. The summed E-state index contributed by atoms with van der Waals surface area (Å²) in [5, 5.41) is 8.43. The van der Waals surface area contributed by atoms with E-state index in [1.54, 1.807) is 0 Å². The van der Waals surface area contributed by atoms with E-state index in [0.29, 0.717) is 0 Å². The van der Waals surface area contributed by atoms with Crippen LogP contribution in [0.3, 0.4) is 0 Å². The van der Waals surface area contributed by atoms with Crippen molar-refractivity contribution < 1.29 is 23.4 Å². The molecule has 0 amide bonds. The third-order valence-electron chi connectivity index (χ3n) is 1.83. The second-order valence-corrected chi connectivity index (χ2v) is 3.67. The molecule has 0 heterocycles. The number of halogens is 3. The van der Waals surface area contributed by atoms with Crippen LogP contribution in [-0.4, -0.2) is 22.9 Å². The first kappa shape index (κ1) is 12.7. The number of carbonyl (C=O) groups excluding carboxylic acids is 1. The average Bonchev–Trinajstić information content (AvgIpc) is 2.19. The second-order valence-electron chi connectivity index (χ2n) is 3.01. The molecule has 88 valence electrons. The lowest BCUT2D eigenvalue weighted by Gasteiger charge is -2.12. The predicted octanol–water partition coefficient (Wildman–Crippen LogP) is 2.80. The molecule has 0 saturated carbocycles. The fraction of sp³-hybridized carbons (Fsp3) is 0.300. The number of carbonyl (C=O) groups is 1. The molecule has 0 saturated heterocycles. The van der Waals surface area contributed by atoms with Crippen LogP contribution < -0.4 is 4.74 Å². The Bertz CT molecular complexity index is 394. The van der Waals surface area contributed by atoms with E-state index >= 15 is 0 Å². The number of hydrogen-bond acceptors (Lipinski definition) is 3. The molecule has 0 aliphatic carbocycles. The Hall–Kier alpha value is -1.36. The summed E-state index contributed by atoms with van der Waals surface area (Å²) in [5.41, 5.74) is -0.164. The van der Waals surface area contributed by atoms with Crippen LogP contribution in [0.15, 0.2) is 18.2 Å². The molecule has 1 atom stereocenters. The van der Waals surface area contributed by atoms with Crippen LogP contribution in [0.1, 0.15) is 17.3 Å². The number of alkyl halides is 3. The highest BCUT2D eigenvalue weighted by Gasteiger charge is 2.21. The van der Waals surface area contributed by atoms with Crippen molar-refractivity contribution >= 4 is 17.4 Å². The molecule has 3 nitrogen and oxygen atoms in total. The van der Waals surface area contributed by atoms with Crippen molar-refractivity contribution in [1.29, 1.82) is 0 Å². The molecule has 1 N–H and O–H groups in total. The minimum absolute atomic E-state index is 0.164. The van der Waals surface area contributed by atoms with Gasteiger partial charge in [0.05, 0.1) is 10.9 Å². The van der Waals surface area contributed by atoms with E-state index in [0.717, 1.165) is 6.07 Å². The maximum absolute atomic E-state index is 12.1. The molecule has 1 aromatic carbocycles. The molecule has 0 spiro atoms. The van der Waals surface area contributed by atoms with Crippen molar-refractivity contribution in [3.05, 3.63) is 23.8 Å². The van der Waals surface area contributed by atoms with Gasteiger partial charge in [0.25, 0.3) is 0 Å². The molecule has 0 aromatic heterocycles. The van der Waals surface area contributed by atoms with Gasteiger partial charge in [0.1, 0.15) is 0 Å². The largest absolute Gasteiger partial charge is 0.504 e. The van der Waals surface area contributed by atoms with Crippen LogP contribution in [0.4, 0.5) is 8.78 Å². The van der Waals surface area contributed by atoms with Crippen molar-refractivity contribution in [3.63, 3.8) is 0 Å². The number of rotatable bonds is 4. The molecule has 1 unspecified atom stereocenters. The van der Waals surface area contributed by atoms with Crippen molar-refractivity contribution in [2.24, 2.45) is 0 Å². The molecule has 6 heteroatoms. The zero-order valence-corrected chi connectivity index (χ0v) is 9.04. The van der Waals surface area contributed by atoms with Gasteiger partial charge >= 0.3 is 6.61 Å². The van der Waals surface area contributed by atoms with Gasteiger partial charge in [-0.2, -0.15) is 8.78 Å². The van der Waals surface area contributed by atoms with Crippen LogP contribution in [0.2, 0.25) is 0 Å². The number of para-hydroxylation sites is 1. The number of aromatic hydroxyl groups is 1. The lowest BCUT2D eigenvalue weighted by atomic mass is 10.1. The standard InChI is InChI=1S/C10H9ClF2O3/c1-5(11)8(15)6-3-2-4-7(14)9(6)16-10(12)13/h2-5,10,14H,1H3. The minimum atomic E-state index is -3.12. The van der Waals surface area contributed by atoms with Gasteiger partial charge in [0.15, 0.2) is 17.3 Å². The molecule has 16 heavy (non-hydrogen) atoms. The summed E-state index contributed by atoms with van der Waals surface area (Å²) < 4.78 is 28.2. The van der Waals surface area contributed by atoms with Crippen LogP contribution in [0.5, 0.6) is 11.5 Å². The number of hydrogen-bond donors (Lipinski definition) is 1. The maximum Gasteiger partial charge on any atom is 0.387 e. The summed E-state index contributed by atoms with van der Waals surface area (Å²) in [7, 11) is 0. The number of phenolic OH excluding ortho intramolecular Hbond substituents is 1. The minimum Gasteiger partial charge on any atom is -0.504 e. The monoisotopic (exact) mass is 250 g/mol. The summed E-state index contributed by atoms with van der Waals surface area (Å²) in [5.74, 6) is -1.66. The van der Waals surface area contributed by atoms with Crippen molar-refractivity contribution in [1.82, 2.24) is 0 Å². The maximum atomic E-state index is 12.1. The Morgan fingerprint density at radius 3 is 2.62 bits per heavy atom. The fourth-order valence-electron chi connectivity index (χ4n) is 1.15. The first-order valence-corrected chi connectivity index (χ1v) is 4.82. The van der Waals surface area contributed by atoms with Gasteiger partial charge in [-0.3, -0.25) is 4.79 Å². The third-order valence-corrected chi connectivity index (χ3v) is 2.03. The van der Waals surface area contributed by atoms with Crippen LogP contribution in [-0.2, 0) is 0 Å². The summed E-state index contributed by atoms with van der Waals surface area (Å²) in [6.07, 6.45) is 0. The van der Waals surface area contributed by atoms with E-state index < -0.39 is 29.3 Å². The van der Waals surface area contributed by atoms with Gasteiger partial charge in [0, 0.05) is 0 Å². The van der Waals surface area contributed by atoms with Gasteiger partial charge in [-0.05, 0) is 19.1 Å². The topological polar surface area (TPSA) is 46.5 Å². The van der Waals surface area contributed by atoms with Crippen LogP contribution in [0.25, 0.3) is 0 Å². The number of benzene rings is 1. The lowest BCUT2D eigenvalue weighted by Crippen LogP contribution is -2.14. The van der Waals surface area contributed by atoms with E-state index in [1.807, 2.05) is 0 Å². The molecule has 0 radical (unpaired) electrons. The molecule has 0 aliphatic heterocycles. The highest BCUT2D eigenvalue weighted by molar-refractivity contribution is 6.34. The van der Waals surface area contributed by atoms with E-state index in [2.05, 4.69) is 4.74 Å².